The van der Waals surface area contributed by atoms with Gasteiger partial charge in [-0.1, -0.05) is 36.8 Å². The number of rotatable bonds is 7. The van der Waals surface area contributed by atoms with E-state index in [1.165, 1.54) is 30.4 Å². The van der Waals surface area contributed by atoms with Gasteiger partial charge < -0.3 is 10.1 Å². The van der Waals surface area contributed by atoms with Gasteiger partial charge in [-0.15, -0.1) is 0 Å². The summed E-state index contributed by atoms with van der Waals surface area (Å²) < 4.78 is 5.50. The molecule has 1 aromatic rings. The molecule has 2 unspecified atom stereocenters. The first-order chi connectivity index (χ1) is 9.28. The Morgan fingerprint density at radius 3 is 2.74 bits per heavy atom. The number of hydrogen-bond donors (Lipinski definition) is 1. The summed E-state index contributed by atoms with van der Waals surface area (Å²) in [6.45, 7) is 7.40. The highest BCUT2D eigenvalue weighted by Gasteiger charge is 2.20. The quantitative estimate of drug-likeness (QED) is 0.813. The van der Waals surface area contributed by atoms with Crippen LogP contribution in [0.15, 0.2) is 24.3 Å². The zero-order valence-electron chi connectivity index (χ0n) is 12.3. The van der Waals surface area contributed by atoms with Crippen LogP contribution in [-0.2, 0) is 11.2 Å². The maximum atomic E-state index is 5.50. The minimum atomic E-state index is 0.592. The molecule has 1 aliphatic rings. The first kappa shape index (κ1) is 14.5. The van der Waals surface area contributed by atoms with E-state index in [-0.39, 0.29) is 0 Å². The first-order valence-corrected chi connectivity index (χ1v) is 7.64. The molecule has 0 aromatic heterocycles. The molecule has 0 amide bonds. The average Bonchev–Trinajstić information content (AvgIpc) is 2.91. The summed E-state index contributed by atoms with van der Waals surface area (Å²) in [7, 11) is 0. The summed E-state index contributed by atoms with van der Waals surface area (Å²) in [6, 6.07) is 9.55. The van der Waals surface area contributed by atoms with E-state index in [2.05, 4.69) is 43.4 Å². The molecule has 0 aliphatic carbocycles. The largest absolute Gasteiger partial charge is 0.381 e. The van der Waals surface area contributed by atoms with Crippen LogP contribution in [0.3, 0.4) is 0 Å². The van der Waals surface area contributed by atoms with E-state index < -0.39 is 0 Å². The molecule has 2 atom stereocenters. The molecule has 1 N–H and O–H groups in total. The molecule has 0 spiro atoms. The fourth-order valence-electron chi connectivity index (χ4n) is 2.77. The zero-order chi connectivity index (χ0) is 13.5. The lowest BCUT2D eigenvalue weighted by Crippen LogP contribution is -2.34. The van der Waals surface area contributed by atoms with Crippen LogP contribution < -0.4 is 5.32 Å². The van der Waals surface area contributed by atoms with E-state index in [0.717, 1.165) is 32.1 Å². The van der Waals surface area contributed by atoms with Gasteiger partial charge in [0.2, 0.25) is 0 Å². The molecule has 1 heterocycles. The van der Waals surface area contributed by atoms with Crippen molar-refractivity contribution in [2.24, 2.45) is 5.92 Å². The van der Waals surface area contributed by atoms with Crippen molar-refractivity contribution in [2.75, 3.05) is 19.8 Å². The van der Waals surface area contributed by atoms with Gasteiger partial charge in [0.05, 0.1) is 0 Å². The summed E-state index contributed by atoms with van der Waals surface area (Å²) in [5, 5.41) is 3.70. The van der Waals surface area contributed by atoms with Crippen molar-refractivity contribution in [1.29, 1.82) is 0 Å². The van der Waals surface area contributed by atoms with Crippen LogP contribution in [0.25, 0.3) is 0 Å². The van der Waals surface area contributed by atoms with E-state index in [9.17, 15) is 0 Å². The van der Waals surface area contributed by atoms with Crippen LogP contribution in [0.4, 0.5) is 0 Å². The fraction of sp³-hybridized carbons (Fsp3) is 0.647. The van der Waals surface area contributed by atoms with Crippen molar-refractivity contribution in [1.82, 2.24) is 5.32 Å². The van der Waals surface area contributed by atoms with E-state index in [4.69, 9.17) is 4.74 Å². The Balaban J connectivity index is 1.89. The molecule has 2 rings (SSSR count). The van der Waals surface area contributed by atoms with Gasteiger partial charge in [0, 0.05) is 19.3 Å². The van der Waals surface area contributed by atoms with Crippen LogP contribution in [0, 0.1) is 12.8 Å². The Hall–Kier alpha value is -0.860. The normalized spacial score (nSPS) is 20.6. The highest BCUT2D eigenvalue weighted by molar-refractivity contribution is 5.22. The second-order valence-corrected chi connectivity index (χ2v) is 5.81. The Labute approximate surface area is 117 Å². The maximum Gasteiger partial charge on any atom is 0.0495 e. The minimum absolute atomic E-state index is 0.592. The average molecular weight is 261 g/mol. The lowest BCUT2D eigenvalue weighted by atomic mass is 9.94. The molecule has 0 radical (unpaired) electrons. The van der Waals surface area contributed by atoms with Crippen LogP contribution in [0.2, 0.25) is 0 Å². The van der Waals surface area contributed by atoms with Crippen LogP contribution in [-0.4, -0.2) is 25.8 Å². The zero-order valence-corrected chi connectivity index (χ0v) is 12.3. The topological polar surface area (TPSA) is 21.3 Å². The number of hydrogen-bond acceptors (Lipinski definition) is 2. The smallest absolute Gasteiger partial charge is 0.0495 e. The van der Waals surface area contributed by atoms with Gasteiger partial charge in [0.1, 0.15) is 0 Å². The molecule has 1 saturated heterocycles. The van der Waals surface area contributed by atoms with Crippen molar-refractivity contribution in [3.63, 3.8) is 0 Å². The van der Waals surface area contributed by atoms with Crippen LogP contribution in [0.1, 0.15) is 37.3 Å². The van der Waals surface area contributed by atoms with Gasteiger partial charge >= 0.3 is 0 Å². The number of ether oxygens (including phenoxy) is 1. The van der Waals surface area contributed by atoms with Gasteiger partial charge in [-0.25, -0.2) is 0 Å². The fourth-order valence-corrected chi connectivity index (χ4v) is 2.77. The molecule has 0 bridgehead atoms. The third-order valence-corrected chi connectivity index (χ3v) is 3.93. The summed E-state index contributed by atoms with van der Waals surface area (Å²) in [6.07, 6.45) is 4.81. The Morgan fingerprint density at radius 2 is 2.11 bits per heavy atom. The van der Waals surface area contributed by atoms with E-state index in [1.807, 2.05) is 0 Å². The SMILES string of the molecule is CCCNC(Cc1ccc(C)cc1)CC1CCOC1. The van der Waals surface area contributed by atoms with Crippen molar-refractivity contribution in [3.8, 4) is 0 Å². The number of benzene rings is 1. The molecule has 2 heteroatoms. The lowest BCUT2D eigenvalue weighted by molar-refractivity contribution is 0.181. The van der Waals surface area contributed by atoms with Crippen molar-refractivity contribution < 1.29 is 4.74 Å². The van der Waals surface area contributed by atoms with Crippen molar-refractivity contribution in [2.45, 2.75) is 45.6 Å². The molecule has 2 nitrogen and oxygen atoms in total. The maximum absolute atomic E-state index is 5.50. The predicted octanol–water partition coefficient (Wildman–Crippen LogP) is 3.33. The molecule has 1 aromatic carbocycles. The Bertz CT molecular complexity index is 354. The third kappa shape index (κ3) is 4.96. The van der Waals surface area contributed by atoms with E-state index in [1.54, 1.807) is 0 Å². The number of nitrogens with one attached hydrogen (secondary N) is 1. The summed E-state index contributed by atoms with van der Waals surface area (Å²) in [5.74, 6) is 0.750. The van der Waals surface area contributed by atoms with Crippen LogP contribution in [0.5, 0.6) is 0 Å². The second-order valence-electron chi connectivity index (χ2n) is 5.81. The van der Waals surface area contributed by atoms with Gasteiger partial charge in [-0.05, 0) is 50.6 Å². The van der Waals surface area contributed by atoms with Crippen LogP contribution >= 0.6 is 0 Å². The summed E-state index contributed by atoms with van der Waals surface area (Å²) >= 11 is 0. The summed E-state index contributed by atoms with van der Waals surface area (Å²) in [5.41, 5.74) is 2.78. The molecule has 1 aliphatic heterocycles. The molecule has 1 fully saturated rings. The molecule has 0 saturated carbocycles. The minimum Gasteiger partial charge on any atom is -0.381 e. The van der Waals surface area contributed by atoms with Gasteiger partial charge in [0.15, 0.2) is 0 Å². The van der Waals surface area contributed by atoms with E-state index >= 15 is 0 Å². The van der Waals surface area contributed by atoms with Gasteiger partial charge in [0.25, 0.3) is 0 Å². The standard InChI is InChI=1S/C17H27NO/c1-3-9-18-17(12-16-8-10-19-13-16)11-15-6-4-14(2)5-7-15/h4-7,16-18H,3,8-13H2,1-2H3. The highest BCUT2D eigenvalue weighted by atomic mass is 16.5. The molecular weight excluding hydrogens is 234 g/mol. The van der Waals surface area contributed by atoms with Gasteiger partial charge in [-0.3, -0.25) is 0 Å². The second kappa shape index (κ2) is 7.66. The Morgan fingerprint density at radius 1 is 1.32 bits per heavy atom. The highest BCUT2D eigenvalue weighted by Crippen LogP contribution is 2.20. The van der Waals surface area contributed by atoms with E-state index in [0.29, 0.717) is 6.04 Å². The Kier molecular flexibility index (Phi) is 5.87. The number of aryl methyl sites for hydroxylation is 1. The predicted molar refractivity (Wildman–Crippen MR) is 80.5 cm³/mol. The monoisotopic (exact) mass is 261 g/mol. The first-order valence-electron chi connectivity index (χ1n) is 7.64. The van der Waals surface area contributed by atoms with Gasteiger partial charge in [-0.2, -0.15) is 0 Å². The molecular formula is C17H27NO. The molecule has 19 heavy (non-hydrogen) atoms. The van der Waals surface area contributed by atoms with Crippen molar-refractivity contribution >= 4 is 0 Å². The lowest BCUT2D eigenvalue weighted by Gasteiger charge is -2.21. The molecule has 106 valence electrons. The summed E-state index contributed by atoms with van der Waals surface area (Å²) in [4.78, 5) is 0. The third-order valence-electron chi connectivity index (χ3n) is 3.93. The van der Waals surface area contributed by atoms with Crippen molar-refractivity contribution in [3.05, 3.63) is 35.4 Å².